The zero-order valence-corrected chi connectivity index (χ0v) is 3.70. The molecule has 0 bridgehead atoms. The Bertz CT molecular complexity index is 103. The van der Waals surface area contributed by atoms with Crippen LogP contribution in [0.25, 0.3) is 0 Å². The molecular formula is C3H2ClNO. The highest BCUT2D eigenvalue weighted by molar-refractivity contribution is 6.29. The molecule has 0 saturated carbocycles. The van der Waals surface area contributed by atoms with Gasteiger partial charge in [-0.25, -0.2) is 4.79 Å². The van der Waals surface area contributed by atoms with Crippen LogP contribution in [0.3, 0.4) is 0 Å². The minimum absolute atomic E-state index is 0.0370. The lowest BCUT2D eigenvalue weighted by atomic mass is 11.0. The molecule has 6 heavy (non-hydrogen) atoms. The molecule has 0 radical (unpaired) electrons. The van der Waals surface area contributed by atoms with Crippen molar-refractivity contribution < 1.29 is 4.79 Å². The van der Waals surface area contributed by atoms with E-state index < -0.39 is 0 Å². The summed E-state index contributed by atoms with van der Waals surface area (Å²) in [5, 5.41) is -0.0370. The first-order valence-electron chi connectivity index (χ1n) is 1.19. The predicted octanol–water partition coefficient (Wildman–Crippen LogP) is 1.03. The lowest BCUT2D eigenvalue weighted by molar-refractivity contribution is 0.565. The van der Waals surface area contributed by atoms with E-state index in [1.54, 1.807) is 0 Å². The van der Waals surface area contributed by atoms with Crippen molar-refractivity contribution in [3.8, 4) is 0 Å². The van der Waals surface area contributed by atoms with Gasteiger partial charge < -0.3 is 0 Å². The van der Waals surface area contributed by atoms with Crippen LogP contribution in [-0.2, 0) is 4.79 Å². The third-order valence-electron chi connectivity index (χ3n) is 0.167. The lowest BCUT2D eigenvalue weighted by Crippen LogP contribution is -1.50. The van der Waals surface area contributed by atoms with Crippen LogP contribution >= 0.6 is 11.6 Å². The molecule has 0 aliphatic rings. The molecule has 2 nitrogen and oxygen atoms in total. The fourth-order valence-corrected chi connectivity index (χ4v) is 0.0840. The van der Waals surface area contributed by atoms with Gasteiger partial charge in [0.2, 0.25) is 6.08 Å². The molecule has 0 saturated heterocycles. The fraction of sp³-hybridized carbons (Fsp3) is 0. The van der Waals surface area contributed by atoms with Crippen molar-refractivity contribution in [1.29, 1.82) is 0 Å². The summed E-state index contributed by atoms with van der Waals surface area (Å²) >= 11 is 4.95. The number of nitrogens with zero attached hydrogens (tertiary/aromatic N) is 1. The van der Waals surface area contributed by atoms with Crippen molar-refractivity contribution in [2.45, 2.75) is 0 Å². The molecule has 32 valence electrons. The second kappa shape index (κ2) is 2.64. The van der Waals surface area contributed by atoms with Crippen molar-refractivity contribution in [3.05, 3.63) is 11.7 Å². The van der Waals surface area contributed by atoms with Gasteiger partial charge in [0.05, 0.1) is 0 Å². The van der Waals surface area contributed by atoms with E-state index in [4.69, 9.17) is 11.6 Å². The smallest absolute Gasteiger partial charge is 0.211 e. The molecule has 0 aromatic carbocycles. The third-order valence-corrected chi connectivity index (χ3v) is 0.251. The number of halogens is 1. The summed E-state index contributed by atoms with van der Waals surface area (Å²) in [6.45, 7) is 3.08. The maximum atomic E-state index is 9.18. The Morgan fingerprint density at radius 2 is 2.50 bits per heavy atom. The van der Waals surface area contributed by atoms with E-state index in [1.807, 2.05) is 0 Å². The van der Waals surface area contributed by atoms with Gasteiger partial charge in [0.25, 0.3) is 0 Å². The quantitative estimate of drug-likeness (QED) is 0.277. The van der Waals surface area contributed by atoms with Gasteiger partial charge in [0.1, 0.15) is 5.16 Å². The average Bonchev–Trinajstić information content (AvgIpc) is 1.35. The highest BCUT2D eigenvalue weighted by Crippen LogP contribution is 1.92. The molecule has 3 heteroatoms. The van der Waals surface area contributed by atoms with Gasteiger partial charge in [-0.1, -0.05) is 18.2 Å². The van der Waals surface area contributed by atoms with Crippen molar-refractivity contribution in [2.75, 3.05) is 0 Å². The zero-order chi connectivity index (χ0) is 4.99. The first-order valence-corrected chi connectivity index (χ1v) is 1.57. The second-order valence-corrected chi connectivity index (χ2v) is 1.02. The van der Waals surface area contributed by atoms with Gasteiger partial charge >= 0.3 is 0 Å². The average molecular weight is 104 g/mol. The Labute approximate surface area is 40.1 Å². The Hall–Kier alpha value is -0.590. The lowest BCUT2D eigenvalue weighted by Gasteiger charge is -1.65. The second-order valence-electron chi connectivity index (χ2n) is 0.579. The van der Waals surface area contributed by atoms with Gasteiger partial charge in [-0.2, -0.15) is 4.99 Å². The van der Waals surface area contributed by atoms with Crippen LogP contribution in [0.5, 0.6) is 0 Å². The van der Waals surface area contributed by atoms with E-state index in [0.717, 1.165) is 0 Å². The van der Waals surface area contributed by atoms with Crippen molar-refractivity contribution >= 4 is 17.7 Å². The molecule has 0 spiro atoms. The molecule has 0 aliphatic carbocycles. The summed E-state index contributed by atoms with van der Waals surface area (Å²) in [6.07, 6.45) is 1.21. The monoisotopic (exact) mass is 103 g/mol. The van der Waals surface area contributed by atoms with Crippen molar-refractivity contribution in [2.24, 2.45) is 4.99 Å². The normalized spacial score (nSPS) is 6.17. The predicted molar refractivity (Wildman–Crippen MR) is 23.1 cm³/mol. The summed E-state index contributed by atoms with van der Waals surface area (Å²) < 4.78 is 0. The van der Waals surface area contributed by atoms with Crippen LogP contribution in [-0.4, -0.2) is 6.08 Å². The van der Waals surface area contributed by atoms with E-state index in [-0.39, 0.29) is 5.16 Å². The Morgan fingerprint density at radius 3 is 2.50 bits per heavy atom. The van der Waals surface area contributed by atoms with Gasteiger partial charge in [0, 0.05) is 0 Å². The molecule has 0 aliphatic heterocycles. The maximum Gasteiger partial charge on any atom is 0.241 e. The Morgan fingerprint density at radius 1 is 2.00 bits per heavy atom. The van der Waals surface area contributed by atoms with Crippen LogP contribution in [0.15, 0.2) is 16.7 Å². The van der Waals surface area contributed by atoms with Crippen molar-refractivity contribution in [3.63, 3.8) is 0 Å². The van der Waals surface area contributed by atoms with Crippen LogP contribution in [0.4, 0.5) is 0 Å². The van der Waals surface area contributed by atoms with Crippen LogP contribution in [0.2, 0.25) is 0 Å². The standard InChI is InChI=1S/C3H2ClNO/c1-3(4)5-2-6/h1H2. The molecular weight excluding hydrogens is 101 g/mol. The number of aliphatic imine (C=N–C) groups is 1. The highest BCUT2D eigenvalue weighted by atomic mass is 35.5. The molecule has 0 unspecified atom stereocenters. The molecule has 0 N–H and O–H groups in total. The van der Waals surface area contributed by atoms with E-state index in [2.05, 4.69) is 11.6 Å². The third kappa shape index (κ3) is 3.41. The fourth-order valence-electron chi connectivity index (χ4n) is 0.0495. The molecule has 0 atom stereocenters. The van der Waals surface area contributed by atoms with Crippen LogP contribution in [0.1, 0.15) is 0 Å². The van der Waals surface area contributed by atoms with Gasteiger partial charge in [-0.15, -0.1) is 0 Å². The highest BCUT2D eigenvalue weighted by Gasteiger charge is 1.69. The summed E-state index contributed by atoms with van der Waals surface area (Å²) in [4.78, 5) is 12.1. The van der Waals surface area contributed by atoms with Gasteiger partial charge in [-0.05, 0) is 0 Å². The number of rotatable bonds is 1. The molecule has 0 aromatic rings. The Kier molecular flexibility index (Phi) is 2.38. The number of carbonyl (C=O) groups excluding carboxylic acids is 1. The number of hydrogen-bond acceptors (Lipinski definition) is 2. The van der Waals surface area contributed by atoms with Crippen LogP contribution < -0.4 is 0 Å². The summed E-state index contributed by atoms with van der Waals surface area (Å²) in [5.74, 6) is 0. The van der Waals surface area contributed by atoms with Gasteiger partial charge in [0.15, 0.2) is 0 Å². The van der Waals surface area contributed by atoms with Crippen LogP contribution in [0, 0.1) is 0 Å². The summed E-state index contributed by atoms with van der Waals surface area (Å²) in [5.41, 5.74) is 0. The molecule has 0 rings (SSSR count). The van der Waals surface area contributed by atoms with E-state index in [0.29, 0.717) is 0 Å². The largest absolute Gasteiger partial charge is 0.241 e. The summed E-state index contributed by atoms with van der Waals surface area (Å²) in [6, 6.07) is 0. The summed E-state index contributed by atoms with van der Waals surface area (Å²) in [7, 11) is 0. The minimum atomic E-state index is -0.0370. The molecule has 0 heterocycles. The maximum absolute atomic E-state index is 9.18. The zero-order valence-electron chi connectivity index (χ0n) is 2.94. The van der Waals surface area contributed by atoms with E-state index >= 15 is 0 Å². The van der Waals surface area contributed by atoms with Gasteiger partial charge in [-0.3, -0.25) is 0 Å². The minimum Gasteiger partial charge on any atom is -0.211 e. The van der Waals surface area contributed by atoms with E-state index in [9.17, 15) is 4.79 Å². The topological polar surface area (TPSA) is 29.4 Å². The molecule has 0 aromatic heterocycles. The number of isocyanates is 1. The molecule has 0 fully saturated rings. The Balaban J connectivity index is 3.60. The van der Waals surface area contributed by atoms with Crippen molar-refractivity contribution in [1.82, 2.24) is 0 Å². The first kappa shape index (κ1) is 5.41. The number of hydrogen-bond donors (Lipinski definition) is 0. The SMILES string of the molecule is C=C(Cl)N=C=O. The molecule has 0 amide bonds. The first-order chi connectivity index (χ1) is 2.77. The van der Waals surface area contributed by atoms with E-state index in [1.165, 1.54) is 6.08 Å².